The Bertz CT molecular complexity index is 1150. The molecule has 2 N–H and O–H groups in total. The summed E-state index contributed by atoms with van der Waals surface area (Å²) >= 11 is 5.74. The number of methoxy groups -OCH3 is 1. The average Bonchev–Trinajstić information content (AvgIpc) is 2.78. The number of ether oxygens (including phenoxy) is 2. The molecular formula is C25H24ClFN2O4. The molecule has 0 aliphatic carbocycles. The maximum atomic E-state index is 14.1. The Hall–Kier alpha value is -3.58. The van der Waals surface area contributed by atoms with Gasteiger partial charge < -0.3 is 20.1 Å². The number of anilines is 2. The van der Waals surface area contributed by atoms with Gasteiger partial charge in [-0.25, -0.2) is 4.39 Å². The van der Waals surface area contributed by atoms with E-state index in [1.165, 1.54) is 19.2 Å². The van der Waals surface area contributed by atoms with Crippen molar-refractivity contribution in [1.29, 1.82) is 0 Å². The lowest BCUT2D eigenvalue weighted by atomic mass is 10.2. The van der Waals surface area contributed by atoms with Crippen LogP contribution in [-0.4, -0.2) is 25.5 Å². The average molecular weight is 471 g/mol. The predicted molar refractivity (Wildman–Crippen MR) is 127 cm³/mol. The van der Waals surface area contributed by atoms with Crippen LogP contribution >= 0.6 is 11.6 Å². The van der Waals surface area contributed by atoms with Crippen molar-refractivity contribution in [2.45, 2.75) is 19.8 Å². The van der Waals surface area contributed by atoms with Crippen LogP contribution in [0.5, 0.6) is 11.5 Å². The number of amides is 2. The van der Waals surface area contributed by atoms with Gasteiger partial charge >= 0.3 is 0 Å². The zero-order valence-corrected chi connectivity index (χ0v) is 19.0. The summed E-state index contributed by atoms with van der Waals surface area (Å²) in [6, 6.07) is 16.3. The minimum Gasteiger partial charge on any atom is -0.495 e. The minimum atomic E-state index is -0.740. The zero-order valence-electron chi connectivity index (χ0n) is 18.3. The van der Waals surface area contributed by atoms with E-state index in [4.69, 9.17) is 21.1 Å². The van der Waals surface area contributed by atoms with Gasteiger partial charge in [0.15, 0.2) is 0 Å². The second-order valence-electron chi connectivity index (χ2n) is 7.26. The Balaban J connectivity index is 1.58. The summed E-state index contributed by atoms with van der Waals surface area (Å²) in [6.07, 6.45) is 0.797. The summed E-state index contributed by atoms with van der Waals surface area (Å²) in [4.78, 5) is 24.8. The molecule has 8 heteroatoms. The molecule has 0 atom stereocenters. The zero-order chi connectivity index (χ0) is 23.8. The maximum Gasteiger partial charge on any atom is 0.258 e. The van der Waals surface area contributed by atoms with Gasteiger partial charge in [0.25, 0.3) is 5.91 Å². The van der Waals surface area contributed by atoms with E-state index in [-0.39, 0.29) is 28.6 Å². The standard InChI is InChI=1S/C25H24ClFN2O4/c1-16-6-3-4-7-22(16)33-13-5-8-24(30)28-18-10-12-23(32-2)21(15-18)29-25(31)19-11-9-17(26)14-20(19)27/h3-4,6-7,9-12,14-15H,5,8,13H2,1-2H3,(H,28,30)(H,29,31). The van der Waals surface area contributed by atoms with Crippen LogP contribution in [0.4, 0.5) is 15.8 Å². The Labute approximate surface area is 196 Å². The molecule has 0 saturated carbocycles. The molecule has 0 radical (unpaired) electrons. The number of nitrogens with one attached hydrogen (secondary N) is 2. The van der Waals surface area contributed by atoms with Gasteiger partial charge in [-0.15, -0.1) is 0 Å². The summed E-state index contributed by atoms with van der Waals surface area (Å²) in [5, 5.41) is 5.58. The topological polar surface area (TPSA) is 76.7 Å². The second-order valence-corrected chi connectivity index (χ2v) is 7.70. The largest absolute Gasteiger partial charge is 0.495 e. The third-order valence-corrected chi connectivity index (χ3v) is 5.04. The van der Waals surface area contributed by atoms with Gasteiger partial charge in [-0.2, -0.15) is 0 Å². The molecule has 172 valence electrons. The molecule has 2 amide bonds. The predicted octanol–water partition coefficient (Wildman–Crippen LogP) is 5.85. The minimum absolute atomic E-state index is 0.162. The first-order valence-corrected chi connectivity index (χ1v) is 10.7. The van der Waals surface area contributed by atoms with Crippen LogP contribution in [0.25, 0.3) is 0 Å². The summed E-state index contributed by atoms with van der Waals surface area (Å²) in [7, 11) is 1.45. The third kappa shape index (κ3) is 6.70. The molecule has 0 aliphatic heterocycles. The van der Waals surface area contributed by atoms with E-state index in [1.807, 2.05) is 31.2 Å². The lowest BCUT2D eigenvalue weighted by molar-refractivity contribution is -0.116. The number of benzene rings is 3. The van der Waals surface area contributed by atoms with Crippen LogP contribution in [0, 0.1) is 12.7 Å². The van der Waals surface area contributed by atoms with E-state index in [9.17, 15) is 14.0 Å². The first-order valence-electron chi connectivity index (χ1n) is 10.3. The Morgan fingerprint density at radius 3 is 2.52 bits per heavy atom. The number of carbonyl (C=O) groups is 2. The molecule has 0 aliphatic rings. The number of halogens is 2. The molecule has 3 rings (SSSR count). The van der Waals surface area contributed by atoms with Gasteiger partial charge in [-0.1, -0.05) is 29.8 Å². The fourth-order valence-electron chi connectivity index (χ4n) is 3.10. The normalized spacial score (nSPS) is 10.4. The number of carbonyl (C=O) groups excluding carboxylic acids is 2. The van der Waals surface area contributed by atoms with Crippen LogP contribution in [0.15, 0.2) is 60.7 Å². The Morgan fingerprint density at radius 1 is 1.00 bits per heavy atom. The van der Waals surface area contributed by atoms with Gasteiger partial charge in [0, 0.05) is 17.1 Å². The molecular weight excluding hydrogens is 447 g/mol. The van der Waals surface area contributed by atoms with Gasteiger partial charge in [0.1, 0.15) is 17.3 Å². The van der Waals surface area contributed by atoms with Crippen molar-refractivity contribution >= 4 is 34.8 Å². The highest BCUT2D eigenvalue weighted by Gasteiger charge is 2.15. The summed E-state index contributed by atoms with van der Waals surface area (Å²) in [5.41, 5.74) is 1.63. The summed E-state index contributed by atoms with van der Waals surface area (Å²) in [6.45, 7) is 2.37. The number of hydrogen-bond acceptors (Lipinski definition) is 4. The molecule has 0 bridgehead atoms. The lowest BCUT2D eigenvalue weighted by Crippen LogP contribution is -2.16. The molecule has 0 fully saturated rings. The van der Waals surface area contributed by atoms with Crippen molar-refractivity contribution in [3.8, 4) is 11.5 Å². The maximum absolute atomic E-state index is 14.1. The van der Waals surface area contributed by atoms with Crippen LogP contribution in [-0.2, 0) is 4.79 Å². The van der Waals surface area contributed by atoms with Crippen molar-refractivity contribution in [3.05, 3.63) is 82.6 Å². The third-order valence-electron chi connectivity index (χ3n) is 4.81. The van der Waals surface area contributed by atoms with Crippen molar-refractivity contribution in [3.63, 3.8) is 0 Å². The highest BCUT2D eigenvalue weighted by Crippen LogP contribution is 2.29. The van der Waals surface area contributed by atoms with Gasteiger partial charge in [-0.3, -0.25) is 9.59 Å². The second kappa shape index (κ2) is 11.3. The summed E-state index contributed by atoms with van der Waals surface area (Å²) in [5.74, 6) is -0.446. The molecule has 0 unspecified atom stereocenters. The fourth-order valence-corrected chi connectivity index (χ4v) is 3.26. The first-order chi connectivity index (χ1) is 15.9. The Kier molecular flexibility index (Phi) is 8.27. The molecule has 3 aromatic carbocycles. The quantitative estimate of drug-likeness (QED) is 0.385. The molecule has 6 nitrogen and oxygen atoms in total. The number of rotatable bonds is 9. The highest BCUT2D eigenvalue weighted by atomic mass is 35.5. The highest BCUT2D eigenvalue weighted by molar-refractivity contribution is 6.30. The smallest absolute Gasteiger partial charge is 0.258 e. The first kappa shape index (κ1) is 24.1. The molecule has 0 heterocycles. The van der Waals surface area contributed by atoms with E-state index < -0.39 is 11.7 Å². The lowest BCUT2D eigenvalue weighted by Gasteiger charge is -2.13. The van der Waals surface area contributed by atoms with Crippen LogP contribution in [0.2, 0.25) is 5.02 Å². The summed E-state index contributed by atoms with van der Waals surface area (Å²) < 4.78 is 25.0. The Morgan fingerprint density at radius 2 is 1.79 bits per heavy atom. The van der Waals surface area contributed by atoms with E-state index in [0.717, 1.165) is 17.4 Å². The molecule has 3 aromatic rings. The molecule has 0 spiro atoms. The van der Waals surface area contributed by atoms with Crippen molar-refractivity contribution < 1.29 is 23.5 Å². The van der Waals surface area contributed by atoms with E-state index >= 15 is 0 Å². The van der Waals surface area contributed by atoms with Gasteiger partial charge in [0.05, 0.1) is 25.0 Å². The van der Waals surface area contributed by atoms with Crippen LogP contribution in [0.1, 0.15) is 28.8 Å². The van der Waals surface area contributed by atoms with E-state index in [1.54, 1.807) is 18.2 Å². The van der Waals surface area contributed by atoms with Gasteiger partial charge in [-0.05, 0) is 61.4 Å². The van der Waals surface area contributed by atoms with Crippen molar-refractivity contribution in [1.82, 2.24) is 0 Å². The fraction of sp³-hybridized carbons (Fsp3) is 0.200. The molecule has 0 aromatic heterocycles. The van der Waals surface area contributed by atoms with E-state index in [2.05, 4.69) is 10.6 Å². The van der Waals surface area contributed by atoms with Crippen molar-refractivity contribution in [2.75, 3.05) is 24.4 Å². The number of aryl methyl sites for hydroxylation is 1. The molecule has 33 heavy (non-hydrogen) atoms. The van der Waals surface area contributed by atoms with Crippen LogP contribution in [0.3, 0.4) is 0 Å². The SMILES string of the molecule is COc1ccc(NC(=O)CCCOc2ccccc2C)cc1NC(=O)c1ccc(Cl)cc1F. The van der Waals surface area contributed by atoms with Crippen molar-refractivity contribution in [2.24, 2.45) is 0 Å². The van der Waals surface area contributed by atoms with Crippen LogP contribution < -0.4 is 20.1 Å². The monoisotopic (exact) mass is 470 g/mol. The number of hydrogen-bond donors (Lipinski definition) is 2. The van der Waals surface area contributed by atoms with E-state index in [0.29, 0.717) is 24.5 Å². The number of para-hydroxylation sites is 1. The molecule has 0 saturated heterocycles. The van der Waals surface area contributed by atoms with Gasteiger partial charge in [0.2, 0.25) is 5.91 Å².